The molecule has 0 spiro atoms. The molecule has 1 radical (unpaired) electrons. The molecule has 4 heteroatoms. The molecular weight excluding hydrogens is 168 g/mol. The minimum absolute atomic E-state index is 0.0764. The summed E-state index contributed by atoms with van der Waals surface area (Å²) in [6.07, 6.45) is 0. The van der Waals surface area contributed by atoms with Crippen LogP contribution in [0.3, 0.4) is 0 Å². The minimum Gasteiger partial charge on any atom is -0.372 e. The molecule has 0 aliphatic rings. The lowest BCUT2D eigenvalue weighted by Gasteiger charge is -2.13. The summed E-state index contributed by atoms with van der Waals surface area (Å²) in [5.74, 6) is 0. The molecule has 1 aromatic rings. The topological polar surface area (TPSA) is 46.4 Å². The maximum atomic E-state index is 10.7. The summed E-state index contributed by atoms with van der Waals surface area (Å²) in [7, 11) is 3.53. The van der Waals surface area contributed by atoms with Crippen LogP contribution in [0.5, 0.6) is 0 Å². The molecule has 0 saturated heterocycles. The Hall–Kier alpha value is -1.58. The average molecular weight is 179 g/mol. The number of anilines is 1. The van der Waals surface area contributed by atoms with E-state index in [1.165, 1.54) is 0 Å². The second-order valence-electron chi connectivity index (χ2n) is 2.94. The van der Waals surface area contributed by atoms with Crippen LogP contribution in [0.2, 0.25) is 0 Å². The van der Waals surface area contributed by atoms with Crippen LogP contribution in [0.25, 0.3) is 0 Å². The summed E-state index contributed by atoms with van der Waals surface area (Å²) in [5, 5.41) is 10.7. The molecule has 1 rings (SSSR count). The first-order chi connectivity index (χ1) is 6.04. The molecule has 0 bridgehead atoms. The van der Waals surface area contributed by atoms with Crippen LogP contribution in [-0.2, 0) is 0 Å². The average Bonchev–Trinajstić information content (AvgIpc) is 2.02. The molecule has 0 aromatic heterocycles. The van der Waals surface area contributed by atoms with Crippen molar-refractivity contribution in [3.05, 3.63) is 40.8 Å². The zero-order valence-electron chi connectivity index (χ0n) is 7.65. The van der Waals surface area contributed by atoms with Crippen LogP contribution in [0.15, 0.2) is 18.2 Å². The zero-order chi connectivity index (χ0) is 10.0. The zero-order valence-corrected chi connectivity index (χ0v) is 7.65. The summed E-state index contributed by atoms with van der Waals surface area (Å²) in [6, 6.07) is 5.09. The number of rotatable bonds is 2. The fourth-order valence-electron chi connectivity index (χ4n) is 1.15. The van der Waals surface area contributed by atoms with Crippen LogP contribution in [0.1, 0.15) is 5.56 Å². The van der Waals surface area contributed by atoms with Crippen molar-refractivity contribution in [2.45, 2.75) is 0 Å². The van der Waals surface area contributed by atoms with Crippen molar-refractivity contribution >= 4 is 11.4 Å². The predicted molar refractivity (Wildman–Crippen MR) is 51.9 cm³/mol. The molecule has 0 N–H and O–H groups in total. The second kappa shape index (κ2) is 3.43. The van der Waals surface area contributed by atoms with Crippen LogP contribution >= 0.6 is 0 Å². The van der Waals surface area contributed by atoms with Gasteiger partial charge in [-0.1, -0.05) is 12.1 Å². The Labute approximate surface area is 76.9 Å². The first-order valence-electron chi connectivity index (χ1n) is 3.80. The third kappa shape index (κ3) is 1.77. The van der Waals surface area contributed by atoms with Gasteiger partial charge >= 0.3 is 0 Å². The summed E-state index contributed by atoms with van der Waals surface area (Å²) < 4.78 is 0. The van der Waals surface area contributed by atoms with Gasteiger partial charge in [0.15, 0.2) is 0 Å². The molecule has 4 nitrogen and oxygen atoms in total. The molecule has 0 saturated carbocycles. The van der Waals surface area contributed by atoms with Gasteiger partial charge in [-0.05, 0) is 13.0 Å². The smallest absolute Gasteiger partial charge is 0.295 e. The fraction of sp³-hybridized carbons (Fsp3) is 0.222. The summed E-state index contributed by atoms with van der Waals surface area (Å²) >= 11 is 0. The first-order valence-corrected chi connectivity index (χ1v) is 3.80. The fourth-order valence-corrected chi connectivity index (χ4v) is 1.15. The normalized spacial score (nSPS) is 9.77. The van der Waals surface area contributed by atoms with Crippen LogP contribution in [-0.4, -0.2) is 19.0 Å². The highest BCUT2D eigenvalue weighted by molar-refractivity contribution is 5.66. The molecule has 1 aromatic carbocycles. The van der Waals surface area contributed by atoms with E-state index in [1.54, 1.807) is 37.2 Å². The second-order valence-corrected chi connectivity index (χ2v) is 2.94. The number of hydrogen-bond acceptors (Lipinski definition) is 3. The Kier molecular flexibility index (Phi) is 2.51. The summed E-state index contributed by atoms with van der Waals surface area (Å²) in [5.41, 5.74) is 1.10. The number of nitro benzene ring substituents is 1. The molecule has 0 unspecified atom stereocenters. The van der Waals surface area contributed by atoms with Gasteiger partial charge in [0.1, 0.15) is 5.69 Å². The Morgan fingerprint density at radius 3 is 2.46 bits per heavy atom. The Morgan fingerprint density at radius 2 is 2.08 bits per heavy atom. The maximum absolute atomic E-state index is 10.7. The standard InChI is InChI=1S/C9H11N2O2/c1-7-5-4-6-8(10(2)3)9(7)11(12)13/h4-6H,1H2,2-3H3. The van der Waals surface area contributed by atoms with Gasteiger partial charge < -0.3 is 4.90 Å². The van der Waals surface area contributed by atoms with Crippen molar-refractivity contribution < 1.29 is 4.92 Å². The number of nitro groups is 1. The Balaban J connectivity index is 3.34. The highest BCUT2D eigenvalue weighted by Crippen LogP contribution is 2.29. The van der Waals surface area contributed by atoms with Gasteiger partial charge in [-0.15, -0.1) is 0 Å². The Bertz CT molecular complexity index is 334. The largest absolute Gasteiger partial charge is 0.372 e. The Morgan fingerprint density at radius 1 is 1.46 bits per heavy atom. The molecule has 0 aliphatic heterocycles. The highest BCUT2D eigenvalue weighted by Gasteiger charge is 2.17. The van der Waals surface area contributed by atoms with Gasteiger partial charge in [0.25, 0.3) is 5.69 Å². The lowest BCUT2D eigenvalue weighted by molar-refractivity contribution is -0.384. The molecule has 13 heavy (non-hydrogen) atoms. The third-order valence-electron chi connectivity index (χ3n) is 1.76. The molecule has 69 valence electrons. The lowest BCUT2D eigenvalue weighted by Crippen LogP contribution is -2.11. The molecule has 0 aliphatic carbocycles. The maximum Gasteiger partial charge on any atom is 0.295 e. The van der Waals surface area contributed by atoms with Crippen molar-refractivity contribution in [2.75, 3.05) is 19.0 Å². The van der Waals surface area contributed by atoms with Crippen molar-refractivity contribution in [2.24, 2.45) is 0 Å². The van der Waals surface area contributed by atoms with E-state index in [0.29, 0.717) is 11.3 Å². The van der Waals surface area contributed by atoms with Gasteiger partial charge in [0.2, 0.25) is 0 Å². The number of hydrogen-bond donors (Lipinski definition) is 0. The van der Waals surface area contributed by atoms with Gasteiger partial charge in [-0.3, -0.25) is 10.1 Å². The third-order valence-corrected chi connectivity index (χ3v) is 1.76. The van der Waals surface area contributed by atoms with Crippen LogP contribution in [0.4, 0.5) is 11.4 Å². The van der Waals surface area contributed by atoms with Gasteiger partial charge in [-0.25, -0.2) is 0 Å². The SMILES string of the molecule is [CH2]c1cccc(N(C)C)c1[N+](=O)[O-]. The minimum atomic E-state index is -0.405. The number of nitrogens with zero attached hydrogens (tertiary/aromatic N) is 2. The van der Waals surface area contributed by atoms with E-state index >= 15 is 0 Å². The van der Waals surface area contributed by atoms with E-state index in [0.717, 1.165) is 0 Å². The summed E-state index contributed by atoms with van der Waals surface area (Å²) in [6.45, 7) is 3.62. The number of para-hydroxylation sites is 1. The van der Waals surface area contributed by atoms with Crippen molar-refractivity contribution in [3.63, 3.8) is 0 Å². The molecular formula is C9H11N2O2. The quantitative estimate of drug-likeness (QED) is 0.514. The number of benzene rings is 1. The van der Waals surface area contributed by atoms with Gasteiger partial charge in [0.05, 0.1) is 4.92 Å². The monoisotopic (exact) mass is 179 g/mol. The molecule has 0 amide bonds. The highest BCUT2D eigenvalue weighted by atomic mass is 16.6. The van der Waals surface area contributed by atoms with Gasteiger partial charge in [-0.2, -0.15) is 0 Å². The van der Waals surface area contributed by atoms with E-state index < -0.39 is 4.92 Å². The van der Waals surface area contributed by atoms with Crippen LogP contribution in [0, 0.1) is 17.0 Å². The van der Waals surface area contributed by atoms with Gasteiger partial charge in [0, 0.05) is 19.7 Å². The van der Waals surface area contributed by atoms with Crippen molar-refractivity contribution in [1.82, 2.24) is 0 Å². The van der Waals surface area contributed by atoms with Crippen molar-refractivity contribution in [3.8, 4) is 0 Å². The van der Waals surface area contributed by atoms with E-state index in [4.69, 9.17) is 0 Å². The lowest BCUT2D eigenvalue weighted by atomic mass is 10.1. The first kappa shape index (κ1) is 9.51. The summed E-state index contributed by atoms with van der Waals surface area (Å²) in [4.78, 5) is 12.0. The molecule has 0 fully saturated rings. The van der Waals surface area contributed by atoms with E-state index in [9.17, 15) is 10.1 Å². The van der Waals surface area contributed by atoms with E-state index in [2.05, 4.69) is 6.92 Å². The van der Waals surface area contributed by atoms with Crippen LogP contribution < -0.4 is 4.90 Å². The molecule has 0 heterocycles. The van der Waals surface area contributed by atoms with E-state index in [1.807, 2.05) is 0 Å². The predicted octanol–water partition coefficient (Wildman–Crippen LogP) is 1.84. The molecule has 0 atom stereocenters. The van der Waals surface area contributed by atoms with Crippen molar-refractivity contribution in [1.29, 1.82) is 0 Å². The van der Waals surface area contributed by atoms with E-state index in [-0.39, 0.29) is 5.69 Å².